The molecule has 4 heteroatoms. The van der Waals surface area contributed by atoms with Gasteiger partial charge in [-0.05, 0) is 17.2 Å². The van der Waals surface area contributed by atoms with Gasteiger partial charge in [0, 0.05) is 5.69 Å². The van der Waals surface area contributed by atoms with Crippen LogP contribution in [-0.4, -0.2) is 11.9 Å². The fourth-order valence-electron chi connectivity index (χ4n) is 2.44. The zero-order valence-electron chi connectivity index (χ0n) is 11.4. The zero-order chi connectivity index (χ0) is 14.7. The van der Waals surface area contributed by atoms with E-state index in [1.54, 1.807) is 0 Å². The molecule has 1 heterocycles. The average molecular weight is 281 g/mol. The number of hydrogen-bond acceptors (Lipinski definition) is 3. The van der Waals surface area contributed by atoms with Gasteiger partial charge in [0.25, 0.3) is 0 Å². The van der Waals surface area contributed by atoms with E-state index in [1.165, 1.54) is 0 Å². The van der Waals surface area contributed by atoms with Gasteiger partial charge in [-0.15, -0.1) is 0 Å². The van der Waals surface area contributed by atoms with E-state index in [0.717, 1.165) is 16.8 Å². The van der Waals surface area contributed by atoms with Crippen molar-refractivity contribution in [3.63, 3.8) is 0 Å². The molecule has 0 saturated heterocycles. The van der Waals surface area contributed by atoms with Crippen LogP contribution in [0, 0.1) is 0 Å². The fourth-order valence-corrected chi connectivity index (χ4v) is 2.44. The molecule has 21 heavy (non-hydrogen) atoms. The summed E-state index contributed by atoms with van der Waals surface area (Å²) >= 11 is 0. The number of ether oxygens (including phenoxy) is 1. The Bertz CT molecular complexity index is 667. The molecule has 1 amide bonds. The van der Waals surface area contributed by atoms with Gasteiger partial charge in [0.2, 0.25) is 5.91 Å². The number of para-hydroxylation sites is 1. The van der Waals surface area contributed by atoms with E-state index in [-0.39, 0.29) is 24.9 Å². The molecule has 1 N–H and O–H groups in total. The highest BCUT2D eigenvalue weighted by Crippen LogP contribution is 2.34. The number of hydrogen-bond donors (Lipinski definition) is 1. The third-order valence-electron chi connectivity index (χ3n) is 3.52. The fraction of sp³-hybridized carbons (Fsp3) is 0.176. The molecule has 0 bridgehead atoms. The second-order valence-corrected chi connectivity index (χ2v) is 4.98. The number of esters is 1. The normalized spacial score (nSPS) is 16.2. The quantitative estimate of drug-likeness (QED) is 0.877. The Morgan fingerprint density at radius 3 is 2.57 bits per heavy atom. The molecule has 0 radical (unpaired) electrons. The minimum atomic E-state index is -0.454. The number of carbonyl (C=O) groups is 2. The summed E-state index contributed by atoms with van der Waals surface area (Å²) in [6.45, 7) is 0.232. The number of anilines is 1. The van der Waals surface area contributed by atoms with Gasteiger partial charge in [0.05, 0.1) is 12.3 Å². The molecule has 0 saturated carbocycles. The highest BCUT2D eigenvalue weighted by molar-refractivity contribution is 6.04. The van der Waals surface area contributed by atoms with E-state index in [9.17, 15) is 9.59 Å². The van der Waals surface area contributed by atoms with Crippen LogP contribution in [0.3, 0.4) is 0 Å². The summed E-state index contributed by atoms with van der Waals surface area (Å²) in [7, 11) is 0. The van der Waals surface area contributed by atoms with Gasteiger partial charge in [-0.1, -0.05) is 48.5 Å². The third kappa shape index (κ3) is 2.94. The van der Waals surface area contributed by atoms with Crippen LogP contribution in [0.15, 0.2) is 54.6 Å². The molecular weight excluding hydrogens is 266 g/mol. The van der Waals surface area contributed by atoms with E-state index in [0.29, 0.717) is 0 Å². The number of fused-ring (bicyclic) bond motifs is 1. The summed E-state index contributed by atoms with van der Waals surface area (Å²) in [5.74, 6) is -0.965. The summed E-state index contributed by atoms with van der Waals surface area (Å²) in [5.41, 5.74) is 2.57. The smallest absolute Gasteiger partial charge is 0.307 e. The van der Waals surface area contributed by atoms with Gasteiger partial charge in [-0.3, -0.25) is 9.59 Å². The first kappa shape index (κ1) is 13.4. The van der Waals surface area contributed by atoms with Crippen LogP contribution >= 0.6 is 0 Å². The molecule has 0 aromatic heterocycles. The standard InChI is InChI=1S/C17H15NO3/c19-16(21-11-12-6-2-1-3-7-12)10-14-13-8-4-5-9-15(13)18-17(14)20/h1-9,14H,10-11H2,(H,18,20). The zero-order valence-corrected chi connectivity index (χ0v) is 11.4. The third-order valence-corrected chi connectivity index (χ3v) is 3.52. The minimum absolute atomic E-state index is 0.0652. The Balaban J connectivity index is 1.62. The maximum Gasteiger partial charge on any atom is 0.307 e. The molecule has 0 spiro atoms. The Hall–Kier alpha value is -2.62. The van der Waals surface area contributed by atoms with Crippen LogP contribution in [0.1, 0.15) is 23.5 Å². The van der Waals surface area contributed by atoms with E-state index in [1.807, 2.05) is 54.6 Å². The molecule has 3 rings (SSSR count). The van der Waals surface area contributed by atoms with Gasteiger partial charge in [0.1, 0.15) is 6.61 Å². The predicted octanol–water partition coefficient (Wildman–Crippen LogP) is 2.86. The van der Waals surface area contributed by atoms with Crippen molar-refractivity contribution in [2.45, 2.75) is 18.9 Å². The highest BCUT2D eigenvalue weighted by atomic mass is 16.5. The first-order chi connectivity index (χ1) is 10.2. The first-order valence-electron chi connectivity index (χ1n) is 6.83. The lowest BCUT2D eigenvalue weighted by Crippen LogP contribution is -2.17. The lowest BCUT2D eigenvalue weighted by molar-refractivity contribution is -0.146. The molecule has 4 nitrogen and oxygen atoms in total. The van der Waals surface area contributed by atoms with Crippen LogP contribution in [0.4, 0.5) is 5.69 Å². The summed E-state index contributed by atoms with van der Waals surface area (Å²) in [6.07, 6.45) is 0.0652. The van der Waals surface area contributed by atoms with Crippen LogP contribution in [0.25, 0.3) is 0 Å². The lowest BCUT2D eigenvalue weighted by atomic mass is 9.97. The molecule has 2 aromatic rings. The Morgan fingerprint density at radius 1 is 1.05 bits per heavy atom. The van der Waals surface area contributed by atoms with Crippen molar-refractivity contribution in [1.82, 2.24) is 0 Å². The maximum absolute atomic E-state index is 11.9. The van der Waals surface area contributed by atoms with E-state index in [4.69, 9.17) is 4.74 Å². The number of benzene rings is 2. The summed E-state index contributed by atoms with van der Waals surface area (Å²) in [6, 6.07) is 16.9. The van der Waals surface area contributed by atoms with Crippen LogP contribution < -0.4 is 5.32 Å². The van der Waals surface area contributed by atoms with Crippen LogP contribution in [0.5, 0.6) is 0 Å². The Kier molecular flexibility index (Phi) is 3.69. The van der Waals surface area contributed by atoms with E-state index in [2.05, 4.69) is 5.32 Å². The first-order valence-corrected chi connectivity index (χ1v) is 6.83. The van der Waals surface area contributed by atoms with Crippen molar-refractivity contribution >= 4 is 17.6 Å². The van der Waals surface area contributed by atoms with Gasteiger partial charge in [-0.25, -0.2) is 0 Å². The van der Waals surface area contributed by atoms with Crippen LogP contribution in [0.2, 0.25) is 0 Å². The summed E-state index contributed by atoms with van der Waals surface area (Å²) < 4.78 is 5.23. The largest absolute Gasteiger partial charge is 0.461 e. The summed E-state index contributed by atoms with van der Waals surface area (Å²) in [5, 5.41) is 2.78. The second-order valence-electron chi connectivity index (χ2n) is 4.98. The molecule has 1 atom stereocenters. The second kappa shape index (κ2) is 5.79. The molecule has 1 aliphatic rings. The van der Waals surface area contributed by atoms with Gasteiger partial charge in [-0.2, -0.15) is 0 Å². The van der Waals surface area contributed by atoms with E-state index < -0.39 is 5.92 Å². The molecule has 2 aromatic carbocycles. The van der Waals surface area contributed by atoms with Crippen molar-refractivity contribution < 1.29 is 14.3 Å². The van der Waals surface area contributed by atoms with Gasteiger partial charge in [0.15, 0.2) is 0 Å². The van der Waals surface area contributed by atoms with Gasteiger partial charge < -0.3 is 10.1 Å². The molecule has 1 unspecified atom stereocenters. The highest BCUT2D eigenvalue weighted by Gasteiger charge is 2.32. The maximum atomic E-state index is 11.9. The molecular formula is C17H15NO3. The molecule has 0 fully saturated rings. The van der Waals surface area contributed by atoms with Crippen molar-refractivity contribution in [3.8, 4) is 0 Å². The monoisotopic (exact) mass is 281 g/mol. The summed E-state index contributed by atoms with van der Waals surface area (Å²) in [4.78, 5) is 23.8. The molecule has 1 aliphatic heterocycles. The van der Waals surface area contributed by atoms with Crippen molar-refractivity contribution in [2.75, 3.05) is 5.32 Å². The molecule has 0 aliphatic carbocycles. The minimum Gasteiger partial charge on any atom is -0.461 e. The van der Waals surface area contributed by atoms with Crippen molar-refractivity contribution in [2.24, 2.45) is 0 Å². The topological polar surface area (TPSA) is 55.4 Å². The van der Waals surface area contributed by atoms with E-state index >= 15 is 0 Å². The number of nitrogens with one attached hydrogen (secondary N) is 1. The molecule has 106 valence electrons. The van der Waals surface area contributed by atoms with Crippen molar-refractivity contribution in [3.05, 3.63) is 65.7 Å². The Morgan fingerprint density at radius 2 is 1.76 bits per heavy atom. The Labute approximate surface area is 122 Å². The number of rotatable bonds is 4. The number of carbonyl (C=O) groups excluding carboxylic acids is 2. The van der Waals surface area contributed by atoms with Crippen molar-refractivity contribution in [1.29, 1.82) is 0 Å². The van der Waals surface area contributed by atoms with Gasteiger partial charge >= 0.3 is 5.97 Å². The van der Waals surface area contributed by atoms with Crippen LogP contribution in [-0.2, 0) is 20.9 Å². The lowest BCUT2D eigenvalue weighted by Gasteiger charge is -2.09. The predicted molar refractivity (Wildman–Crippen MR) is 78.7 cm³/mol. The SMILES string of the molecule is O=C(CC1C(=O)Nc2ccccc21)OCc1ccccc1. The average Bonchev–Trinajstić information content (AvgIpc) is 2.82. The number of amides is 1.